The highest BCUT2D eigenvalue weighted by Gasteiger charge is 2.40. The van der Waals surface area contributed by atoms with Gasteiger partial charge in [0.05, 0.1) is 19.3 Å². The van der Waals surface area contributed by atoms with Gasteiger partial charge in [-0.25, -0.2) is 13.6 Å². The van der Waals surface area contributed by atoms with Crippen molar-refractivity contribution < 1.29 is 23.0 Å². The summed E-state index contributed by atoms with van der Waals surface area (Å²) in [5.41, 5.74) is 0.260. The van der Waals surface area contributed by atoms with E-state index in [1.807, 2.05) is 0 Å². The van der Waals surface area contributed by atoms with E-state index in [1.165, 1.54) is 12.1 Å². The molecule has 1 N–H and O–H groups in total. The van der Waals surface area contributed by atoms with E-state index >= 15 is 0 Å². The fourth-order valence-electron chi connectivity index (χ4n) is 3.04. The van der Waals surface area contributed by atoms with E-state index < -0.39 is 23.5 Å². The lowest BCUT2D eigenvalue weighted by molar-refractivity contribution is -0.181. The van der Waals surface area contributed by atoms with Crippen molar-refractivity contribution in [2.24, 2.45) is 0 Å². The second-order valence-electron chi connectivity index (χ2n) is 5.93. The summed E-state index contributed by atoms with van der Waals surface area (Å²) in [4.78, 5) is 14.0. The normalized spacial score (nSPS) is 21.4. The van der Waals surface area contributed by atoms with Crippen LogP contribution in [0.1, 0.15) is 31.4 Å². The number of nitrogens with one attached hydrogen (secondary N) is 1. The molecule has 2 heterocycles. The third-order valence-corrected chi connectivity index (χ3v) is 4.39. The van der Waals surface area contributed by atoms with Gasteiger partial charge in [0.15, 0.2) is 5.79 Å². The number of amides is 2. The topological polar surface area (TPSA) is 50.8 Å². The van der Waals surface area contributed by atoms with Crippen LogP contribution in [0.3, 0.4) is 0 Å². The molecule has 5 nitrogen and oxygen atoms in total. The van der Waals surface area contributed by atoms with Crippen LogP contribution >= 0.6 is 0 Å². The van der Waals surface area contributed by atoms with E-state index in [4.69, 9.17) is 9.47 Å². The molecule has 2 saturated heterocycles. The average Bonchev–Trinajstić information content (AvgIpc) is 2.96. The molecule has 0 bridgehead atoms. The van der Waals surface area contributed by atoms with Crippen LogP contribution < -0.4 is 5.32 Å². The Labute approximate surface area is 133 Å². The number of urea groups is 1. The molecule has 0 aliphatic carbocycles. The first kappa shape index (κ1) is 16.1. The molecule has 2 amide bonds. The molecule has 2 aliphatic rings. The largest absolute Gasteiger partial charge is 0.347 e. The zero-order chi connectivity index (χ0) is 16.4. The Kier molecular flexibility index (Phi) is 4.50. The first-order chi connectivity index (χ1) is 11.0. The number of likely N-dealkylation sites (tertiary alicyclic amines) is 1. The Hall–Kier alpha value is -1.73. The number of carbonyl (C=O) groups is 1. The van der Waals surface area contributed by atoms with Crippen LogP contribution in [0.15, 0.2) is 18.2 Å². The number of carbonyl (C=O) groups excluding carboxylic acids is 1. The van der Waals surface area contributed by atoms with Crippen molar-refractivity contribution in [2.75, 3.05) is 26.3 Å². The molecule has 2 aliphatic heterocycles. The predicted octanol–water partition coefficient (Wildman–Crippen LogP) is 2.57. The Balaban J connectivity index is 1.57. The van der Waals surface area contributed by atoms with E-state index in [9.17, 15) is 13.6 Å². The molecule has 23 heavy (non-hydrogen) atoms. The fraction of sp³-hybridized carbons (Fsp3) is 0.562. The highest BCUT2D eigenvalue weighted by atomic mass is 19.1. The Morgan fingerprint density at radius 1 is 1.26 bits per heavy atom. The lowest BCUT2D eigenvalue weighted by atomic mass is 10.0. The molecular formula is C16H20F2N2O3. The van der Waals surface area contributed by atoms with Gasteiger partial charge in [-0.05, 0) is 13.0 Å². The Morgan fingerprint density at radius 2 is 1.91 bits per heavy atom. The molecule has 0 aromatic heterocycles. The van der Waals surface area contributed by atoms with Gasteiger partial charge in [0.25, 0.3) is 0 Å². The van der Waals surface area contributed by atoms with E-state index in [-0.39, 0.29) is 11.6 Å². The third kappa shape index (κ3) is 3.45. The molecule has 1 aromatic rings. The maximum absolute atomic E-state index is 13.8. The number of ether oxygens (including phenoxy) is 2. The zero-order valence-corrected chi connectivity index (χ0v) is 13.0. The summed E-state index contributed by atoms with van der Waals surface area (Å²) in [6, 6.07) is 2.53. The van der Waals surface area contributed by atoms with Gasteiger partial charge in [0, 0.05) is 37.6 Å². The van der Waals surface area contributed by atoms with Gasteiger partial charge < -0.3 is 19.7 Å². The molecule has 0 saturated carbocycles. The van der Waals surface area contributed by atoms with Crippen molar-refractivity contribution in [2.45, 2.75) is 31.6 Å². The lowest BCUT2D eigenvalue weighted by Gasteiger charge is -2.37. The van der Waals surface area contributed by atoms with Crippen molar-refractivity contribution in [1.29, 1.82) is 0 Å². The second-order valence-corrected chi connectivity index (χ2v) is 5.93. The molecule has 1 aromatic carbocycles. The number of piperidine rings is 1. The molecule has 1 spiro atoms. The minimum absolute atomic E-state index is 0.260. The van der Waals surface area contributed by atoms with Gasteiger partial charge in [0.2, 0.25) is 0 Å². The summed E-state index contributed by atoms with van der Waals surface area (Å²) in [6.45, 7) is 3.89. The first-order valence-corrected chi connectivity index (χ1v) is 7.77. The van der Waals surface area contributed by atoms with Gasteiger partial charge >= 0.3 is 6.03 Å². The highest BCUT2D eigenvalue weighted by Crippen LogP contribution is 2.31. The summed E-state index contributed by atoms with van der Waals surface area (Å²) in [5, 5.41) is 2.75. The predicted molar refractivity (Wildman–Crippen MR) is 78.7 cm³/mol. The van der Waals surface area contributed by atoms with Crippen LogP contribution in [0.2, 0.25) is 0 Å². The van der Waals surface area contributed by atoms with Crippen LogP contribution in [-0.4, -0.2) is 43.0 Å². The van der Waals surface area contributed by atoms with Gasteiger partial charge in [0.1, 0.15) is 11.6 Å². The SMILES string of the molecule is CC(NC(=O)N1CCC2(CC1)OCCO2)c1ccc(F)cc1F. The number of hydrogen-bond donors (Lipinski definition) is 1. The van der Waals surface area contributed by atoms with E-state index in [1.54, 1.807) is 11.8 Å². The average molecular weight is 326 g/mol. The number of halogens is 2. The summed E-state index contributed by atoms with van der Waals surface area (Å²) in [7, 11) is 0. The second kappa shape index (κ2) is 6.41. The number of rotatable bonds is 2. The molecule has 7 heteroatoms. The third-order valence-electron chi connectivity index (χ3n) is 4.39. The maximum atomic E-state index is 13.8. The highest BCUT2D eigenvalue weighted by molar-refractivity contribution is 5.74. The fourth-order valence-corrected chi connectivity index (χ4v) is 3.04. The van der Waals surface area contributed by atoms with E-state index in [0.717, 1.165) is 6.07 Å². The Morgan fingerprint density at radius 3 is 2.52 bits per heavy atom. The summed E-state index contributed by atoms with van der Waals surface area (Å²) in [6.07, 6.45) is 1.25. The van der Waals surface area contributed by atoms with Crippen LogP contribution in [0.4, 0.5) is 13.6 Å². The Bertz CT molecular complexity index is 581. The van der Waals surface area contributed by atoms with Gasteiger partial charge in [-0.2, -0.15) is 0 Å². The van der Waals surface area contributed by atoms with Crippen LogP contribution in [0, 0.1) is 11.6 Å². The van der Waals surface area contributed by atoms with Gasteiger partial charge in [-0.15, -0.1) is 0 Å². The van der Waals surface area contributed by atoms with Crippen molar-refractivity contribution in [3.63, 3.8) is 0 Å². The van der Waals surface area contributed by atoms with Crippen molar-refractivity contribution in [3.8, 4) is 0 Å². The quantitative estimate of drug-likeness (QED) is 0.909. The molecule has 1 unspecified atom stereocenters. The number of benzene rings is 1. The lowest BCUT2D eigenvalue weighted by Crippen LogP contribution is -2.50. The minimum atomic E-state index is -0.664. The smallest absolute Gasteiger partial charge is 0.317 e. The standard InChI is InChI=1S/C16H20F2N2O3/c1-11(13-3-2-12(17)10-14(13)18)19-15(21)20-6-4-16(5-7-20)22-8-9-23-16/h2-3,10-11H,4-9H2,1H3,(H,19,21). The number of hydrogen-bond acceptors (Lipinski definition) is 3. The van der Waals surface area contributed by atoms with E-state index in [2.05, 4.69) is 5.32 Å². The van der Waals surface area contributed by atoms with Gasteiger partial charge in [-0.1, -0.05) is 6.07 Å². The van der Waals surface area contributed by atoms with Crippen molar-refractivity contribution >= 4 is 6.03 Å². The van der Waals surface area contributed by atoms with Crippen LogP contribution in [0.5, 0.6) is 0 Å². The first-order valence-electron chi connectivity index (χ1n) is 7.77. The van der Waals surface area contributed by atoms with Gasteiger partial charge in [-0.3, -0.25) is 0 Å². The molecule has 1 atom stereocenters. The molecule has 2 fully saturated rings. The molecular weight excluding hydrogens is 306 g/mol. The molecule has 3 rings (SSSR count). The summed E-state index contributed by atoms with van der Waals surface area (Å²) < 4.78 is 37.9. The number of nitrogens with zero attached hydrogens (tertiary/aromatic N) is 1. The zero-order valence-electron chi connectivity index (χ0n) is 13.0. The summed E-state index contributed by atoms with van der Waals surface area (Å²) >= 11 is 0. The monoisotopic (exact) mass is 326 g/mol. The van der Waals surface area contributed by atoms with Crippen molar-refractivity contribution in [1.82, 2.24) is 10.2 Å². The maximum Gasteiger partial charge on any atom is 0.317 e. The summed E-state index contributed by atoms with van der Waals surface area (Å²) in [5.74, 6) is -1.84. The van der Waals surface area contributed by atoms with Crippen LogP contribution in [0.25, 0.3) is 0 Å². The minimum Gasteiger partial charge on any atom is -0.347 e. The van der Waals surface area contributed by atoms with E-state index in [0.29, 0.717) is 39.1 Å². The van der Waals surface area contributed by atoms with Crippen molar-refractivity contribution in [3.05, 3.63) is 35.4 Å². The molecule has 126 valence electrons. The molecule has 0 radical (unpaired) electrons. The van der Waals surface area contributed by atoms with Crippen LogP contribution in [-0.2, 0) is 9.47 Å².